The molecule has 25 heavy (non-hydrogen) atoms. The number of carbonyl (C=O) groups is 1. The van der Waals surface area contributed by atoms with Gasteiger partial charge >= 0.3 is 0 Å². The Labute approximate surface area is 157 Å². The van der Waals surface area contributed by atoms with Gasteiger partial charge in [0.05, 0.1) is 17.6 Å². The quantitative estimate of drug-likeness (QED) is 0.449. The van der Waals surface area contributed by atoms with Crippen molar-refractivity contribution < 1.29 is 9.53 Å². The highest BCUT2D eigenvalue weighted by Gasteiger charge is 2.47. The lowest BCUT2D eigenvalue weighted by Crippen LogP contribution is -2.56. The van der Waals surface area contributed by atoms with Crippen LogP contribution in [-0.4, -0.2) is 29.5 Å². The van der Waals surface area contributed by atoms with E-state index in [-0.39, 0.29) is 16.5 Å². The van der Waals surface area contributed by atoms with E-state index in [9.17, 15) is 4.79 Å². The molecule has 0 aromatic heterocycles. The number of amides is 1. The van der Waals surface area contributed by atoms with Crippen molar-refractivity contribution in [1.29, 1.82) is 0 Å². The second kappa shape index (κ2) is 7.08. The summed E-state index contributed by atoms with van der Waals surface area (Å²) in [5, 5.41) is 3.15. The number of rotatable bonds is 4. The number of hydrogen-bond donors (Lipinski definition) is 1. The molecule has 3 nitrogen and oxygen atoms in total. The molecular formula is C21H32ClNO2. The molecule has 0 bridgehead atoms. The molecule has 1 N–H and O–H groups in total. The highest BCUT2D eigenvalue weighted by atomic mass is 35.5. The third-order valence-corrected chi connectivity index (χ3v) is 6.97. The summed E-state index contributed by atoms with van der Waals surface area (Å²) in [5.74, 6) is 1.53. The SMILES string of the molecule is CC1=C[C@@H]2[C@@H](CC1)[C@](C)(NC=O)CC[C@H]2C1=CCC(C(C)(C)Cl)OC1. The molecule has 3 rings (SSSR count). The summed E-state index contributed by atoms with van der Waals surface area (Å²) >= 11 is 6.44. The van der Waals surface area contributed by atoms with Crippen LogP contribution >= 0.6 is 11.6 Å². The van der Waals surface area contributed by atoms with Crippen molar-refractivity contribution in [2.45, 2.75) is 76.3 Å². The van der Waals surface area contributed by atoms with Crippen LogP contribution in [0.4, 0.5) is 0 Å². The third-order valence-electron chi connectivity index (χ3n) is 6.72. The number of alkyl halides is 1. The van der Waals surface area contributed by atoms with Gasteiger partial charge in [-0.3, -0.25) is 4.79 Å². The van der Waals surface area contributed by atoms with Crippen LogP contribution in [0.1, 0.15) is 59.8 Å². The van der Waals surface area contributed by atoms with Crippen LogP contribution in [0.5, 0.6) is 0 Å². The molecule has 4 heteroatoms. The Morgan fingerprint density at radius 1 is 1.40 bits per heavy atom. The maximum Gasteiger partial charge on any atom is 0.207 e. The Kier molecular flexibility index (Phi) is 5.37. The zero-order valence-corrected chi connectivity index (χ0v) is 16.7. The first-order valence-corrected chi connectivity index (χ1v) is 10.0. The summed E-state index contributed by atoms with van der Waals surface area (Å²) in [6.45, 7) is 9.21. The van der Waals surface area contributed by atoms with Crippen molar-refractivity contribution in [1.82, 2.24) is 5.32 Å². The van der Waals surface area contributed by atoms with Crippen LogP contribution in [0, 0.1) is 17.8 Å². The minimum atomic E-state index is -0.328. The first-order chi connectivity index (χ1) is 11.7. The average molecular weight is 366 g/mol. The van der Waals surface area contributed by atoms with Crippen LogP contribution in [0.3, 0.4) is 0 Å². The zero-order valence-electron chi connectivity index (χ0n) is 16.0. The smallest absolute Gasteiger partial charge is 0.207 e. The molecule has 5 atom stereocenters. The minimum absolute atomic E-state index is 0.0861. The molecule has 3 aliphatic rings. The van der Waals surface area contributed by atoms with Gasteiger partial charge in [0.2, 0.25) is 6.41 Å². The van der Waals surface area contributed by atoms with E-state index in [0.717, 1.165) is 38.5 Å². The Balaban J connectivity index is 1.82. The van der Waals surface area contributed by atoms with E-state index < -0.39 is 0 Å². The summed E-state index contributed by atoms with van der Waals surface area (Å²) in [4.78, 5) is 10.8. The van der Waals surface area contributed by atoms with Crippen LogP contribution in [-0.2, 0) is 9.53 Å². The van der Waals surface area contributed by atoms with E-state index in [2.05, 4.69) is 31.3 Å². The minimum Gasteiger partial charge on any atom is -0.372 e. The maximum absolute atomic E-state index is 11.2. The summed E-state index contributed by atoms with van der Waals surface area (Å²) < 4.78 is 6.12. The monoisotopic (exact) mass is 365 g/mol. The molecule has 1 saturated carbocycles. The van der Waals surface area contributed by atoms with Crippen LogP contribution < -0.4 is 5.32 Å². The van der Waals surface area contributed by atoms with Crippen molar-refractivity contribution in [2.24, 2.45) is 17.8 Å². The van der Waals surface area contributed by atoms with E-state index >= 15 is 0 Å². The van der Waals surface area contributed by atoms with E-state index in [1.807, 2.05) is 13.8 Å². The van der Waals surface area contributed by atoms with Crippen molar-refractivity contribution in [3.8, 4) is 0 Å². The van der Waals surface area contributed by atoms with Gasteiger partial charge < -0.3 is 10.1 Å². The molecule has 140 valence electrons. The normalized spacial score (nSPS) is 39.1. The molecular weight excluding hydrogens is 334 g/mol. The highest BCUT2D eigenvalue weighted by Crippen LogP contribution is 2.50. The van der Waals surface area contributed by atoms with Gasteiger partial charge in [0.1, 0.15) is 0 Å². The van der Waals surface area contributed by atoms with Gasteiger partial charge in [-0.25, -0.2) is 0 Å². The first-order valence-electron chi connectivity index (χ1n) is 9.62. The molecule has 0 spiro atoms. The van der Waals surface area contributed by atoms with Gasteiger partial charge in [0, 0.05) is 5.54 Å². The fourth-order valence-corrected chi connectivity index (χ4v) is 5.29. The van der Waals surface area contributed by atoms with Gasteiger partial charge in [-0.2, -0.15) is 0 Å². The van der Waals surface area contributed by atoms with Crippen LogP contribution in [0.15, 0.2) is 23.3 Å². The van der Waals surface area contributed by atoms with Gasteiger partial charge in [0.25, 0.3) is 0 Å². The Bertz CT molecular complexity index is 577. The lowest BCUT2D eigenvalue weighted by molar-refractivity contribution is -0.112. The number of ether oxygens (including phenoxy) is 1. The van der Waals surface area contributed by atoms with Crippen LogP contribution in [0.2, 0.25) is 0 Å². The number of nitrogens with one attached hydrogen (secondary N) is 1. The fraction of sp³-hybridized carbons (Fsp3) is 0.762. The molecule has 1 aliphatic heterocycles. The highest BCUT2D eigenvalue weighted by molar-refractivity contribution is 6.23. The van der Waals surface area contributed by atoms with Crippen LogP contribution in [0.25, 0.3) is 0 Å². The van der Waals surface area contributed by atoms with Gasteiger partial charge in [-0.05, 0) is 83.1 Å². The second-order valence-electron chi connectivity index (χ2n) is 8.94. The average Bonchev–Trinajstić information content (AvgIpc) is 2.54. The lowest BCUT2D eigenvalue weighted by atomic mass is 9.58. The predicted molar refractivity (Wildman–Crippen MR) is 103 cm³/mol. The van der Waals surface area contributed by atoms with Gasteiger partial charge in [0.15, 0.2) is 0 Å². The van der Waals surface area contributed by atoms with E-state index in [1.54, 1.807) is 0 Å². The Morgan fingerprint density at radius 2 is 2.16 bits per heavy atom. The zero-order chi connectivity index (χ0) is 18.2. The molecule has 0 aromatic carbocycles. The lowest BCUT2D eigenvalue weighted by Gasteiger charge is -2.51. The molecule has 1 heterocycles. The Hall–Kier alpha value is -0.800. The third kappa shape index (κ3) is 3.83. The molecule has 0 aromatic rings. The number of hydrogen-bond acceptors (Lipinski definition) is 2. The van der Waals surface area contributed by atoms with E-state index in [4.69, 9.17) is 16.3 Å². The number of carbonyl (C=O) groups excluding carboxylic acids is 1. The standard InChI is InChI=1S/C21H32ClNO2/c1-14-5-7-18-17(11-14)16(9-10-21(18,4)23-13-24)15-6-8-19(25-12-15)20(2,3)22/h6,11,13,16-19H,5,7-10,12H2,1-4H3,(H,23,24)/t16-,17-,18+,19?,21+/m0/s1. The fourth-order valence-electron chi connectivity index (χ4n) is 5.14. The van der Waals surface area contributed by atoms with Crippen molar-refractivity contribution >= 4 is 18.0 Å². The Morgan fingerprint density at radius 3 is 2.76 bits per heavy atom. The molecule has 1 amide bonds. The number of fused-ring (bicyclic) bond motifs is 1. The largest absolute Gasteiger partial charge is 0.372 e. The van der Waals surface area contributed by atoms with E-state index in [1.165, 1.54) is 11.1 Å². The van der Waals surface area contributed by atoms with Crippen molar-refractivity contribution in [2.75, 3.05) is 6.61 Å². The topological polar surface area (TPSA) is 38.3 Å². The van der Waals surface area contributed by atoms with Gasteiger partial charge in [-0.1, -0.05) is 17.7 Å². The summed E-state index contributed by atoms with van der Waals surface area (Å²) in [7, 11) is 0. The molecule has 0 saturated heterocycles. The number of allylic oxidation sites excluding steroid dienone is 2. The summed E-state index contributed by atoms with van der Waals surface area (Å²) in [6.07, 6.45) is 11.2. The molecule has 2 aliphatic carbocycles. The van der Waals surface area contributed by atoms with Crippen molar-refractivity contribution in [3.05, 3.63) is 23.3 Å². The van der Waals surface area contributed by atoms with E-state index in [0.29, 0.717) is 24.4 Å². The maximum atomic E-state index is 11.2. The van der Waals surface area contributed by atoms with Gasteiger partial charge in [-0.15, -0.1) is 11.6 Å². The summed E-state index contributed by atoms with van der Waals surface area (Å²) in [5.41, 5.74) is 2.83. The number of halogens is 1. The summed E-state index contributed by atoms with van der Waals surface area (Å²) in [6, 6.07) is 0. The molecule has 1 unspecified atom stereocenters. The first kappa shape index (κ1) is 19.0. The molecule has 1 fully saturated rings. The molecule has 0 radical (unpaired) electrons. The van der Waals surface area contributed by atoms with Crippen molar-refractivity contribution in [3.63, 3.8) is 0 Å². The predicted octanol–water partition coefficient (Wildman–Crippen LogP) is 4.61. The second-order valence-corrected chi connectivity index (χ2v) is 9.91.